The molecule has 2 amide bonds. The van der Waals surface area contributed by atoms with Crippen LogP contribution in [0.1, 0.15) is 17.3 Å². The van der Waals surface area contributed by atoms with E-state index in [0.29, 0.717) is 6.54 Å². The van der Waals surface area contributed by atoms with Crippen molar-refractivity contribution in [1.82, 2.24) is 4.90 Å². The Morgan fingerprint density at radius 1 is 1.33 bits per heavy atom. The van der Waals surface area contributed by atoms with Crippen molar-refractivity contribution in [2.45, 2.75) is 6.92 Å². The molecule has 0 aromatic heterocycles. The monoisotopic (exact) mass is 290 g/mol. The van der Waals surface area contributed by atoms with E-state index in [2.05, 4.69) is 5.32 Å². The molecule has 0 bridgehead atoms. The highest BCUT2D eigenvalue weighted by molar-refractivity contribution is 6.38. The number of amides is 2. The maximum absolute atomic E-state index is 11.7. The minimum Gasteiger partial charge on any atom is -0.478 e. The number of carbonyl (C=O) groups is 2. The highest BCUT2D eigenvalue weighted by atomic mass is 35.5. The molecule has 0 saturated heterocycles. The number of carboxylic acid groups (broad SMARTS) is 1. The van der Waals surface area contributed by atoms with Crippen LogP contribution < -0.4 is 5.32 Å². The molecule has 0 unspecified atom stereocenters. The largest absolute Gasteiger partial charge is 0.478 e. The molecule has 98 valence electrons. The van der Waals surface area contributed by atoms with E-state index in [1.54, 1.807) is 14.0 Å². The topological polar surface area (TPSA) is 69.6 Å². The Balaban J connectivity index is 3.19. The van der Waals surface area contributed by atoms with Gasteiger partial charge >= 0.3 is 12.0 Å². The smallest absolute Gasteiger partial charge is 0.339 e. The van der Waals surface area contributed by atoms with Crippen molar-refractivity contribution in [2.75, 3.05) is 18.9 Å². The molecular weight excluding hydrogens is 279 g/mol. The molecule has 1 aromatic rings. The van der Waals surface area contributed by atoms with Crippen LogP contribution in [-0.2, 0) is 0 Å². The predicted octanol–water partition coefficient (Wildman–Crippen LogP) is 3.18. The van der Waals surface area contributed by atoms with Crippen LogP contribution in [0.4, 0.5) is 10.5 Å². The maximum atomic E-state index is 11.7. The van der Waals surface area contributed by atoms with Crippen molar-refractivity contribution in [3.63, 3.8) is 0 Å². The molecule has 1 aromatic carbocycles. The first-order valence-corrected chi connectivity index (χ1v) is 5.87. The third-order valence-corrected chi connectivity index (χ3v) is 3.00. The molecule has 0 atom stereocenters. The van der Waals surface area contributed by atoms with Gasteiger partial charge in [0.2, 0.25) is 0 Å². The van der Waals surface area contributed by atoms with E-state index in [-0.39, 0.29) is 21.3 Å². The van der Waals surface area contributed by atoms with Crippen molar-refractivity contribution in [2.24, 2.45) is 0 Å². The van der Waals surface area contributed by atoms with Crippen LogP contribution in [-0.4, -0.2) is 35.6 Å². The van der Waals surface area contributed by atoms with Crippen LogP contribution in [0, 0.1) is 0 Å². The Morgan fingerprint density at radius 3 is 2.39 bits per heavy atom. The molecule has 0 spiro atoms. The van der Waals surface area contributed by atoms with Gasteiger partial charge in [-0.2, -0.15) is 0 Å². The summed E-state index contributed by atoms with van der Waals surface area (Å²) in [6, 6.07) is 2.34. The van der Waals surface area contributed by atoms with Crippen LogP contribution in [0.2, 0.25) is 10.0 Å². The number of aromatic carboxylic acids is 1. The van der Waals surface area contributed by atoms with Gasteiger partial charge in [0.15, 0.2) is 0 Å². The minimum absolute atomic E-state index is 0.00182. The van der Waals surface area contributed by atoms with E-state index in [4.69, 9.17) is 28.3 Å². The van der Waals surface area contributed by atoms with Crippen LogP contribution in [0.25, 0.3) is 0 Å². The third kappa shape index (κ3) is 3.05. The lowest BCUT2D eigenvalue weighted by Crippen LogP contribution is -2.31. The van der Waals surface area contributed by atoms with Gasteiger partial charge in [0, 0.05) is 13.6 Å². The van der Waals surface area contributed by atoms with E-state index in [0.717, 1.165) is 0 Å². The summed E-state index contributed by atoms with van der Waals surface area (Å²) in [4.78, 5) is 24.2. The fourth-order valence-electron chi connectivity index (χ4n) is 1.23. The Labute approximate surface area is 114 Å². The van der Waals surface area contributed by atoms with E-state index >= 15 is 0 Å². The van der Waals surface area contributed by atoms with Crippen molar-refractivity contribution >= 4 is 40.9 Å². The van der Waals surface area contributed by atoms with E-state index in [9.17, 15) is 9.59 Å². The number of rotatable bonds is 3. The summed E-state index contributed by atoms with van der Waals surface area (Å²) in [6.07, 6.45) is 0. The Morgan fingerprint density at radius 2 is 1.89 bits per heavy atom. The number of carbonyl (C=O) groups excluding carboxylic acids is 1. The van der Waals surface area contributed by atoms with E-state index < -0.39 is 12.0 Å². The molecule has 0 saturated carbocycles. The van der Waals surface area contributed by atoms with Crippen LogP contribution >= 0.6 is 23.2 Å². The molecule has 2 N–H and O–H groups in total. The fraction of sp³-hybridized carbons (Fsp3) is 0.273. The normalized spacial score (nSPS) is 10.0. The summed E-state index contributed by atoms with van der Waals surface area (Å²) >= 11 is 11.7. The first-order valence-electron chi connectivity index (χ1n) is 5.11. The van der Waals surface area contributed by atoms with Gasteiger partial charge in [-0.15, -0.1) is 0 Å². The molecule has 1 rings (SSSR count). The number of carboxylic acids is 1. The summed E-state index contributed by atoms with van der Waals surface area (Å²) < 4.78 is 0. The standard InChI is InChI=1S/C11H12Cl2N2O3/c1-3-15(2)11(18)14-9-7(13)5-4-6(12)8(9)10(16)17/h4-5H,3H2,1-2H3,(H,14,18)(H,16,17). The molecule has 0 aliphatic carbocycles. The average molecular weight is 291 g/mol. The van der Waals surface area contributed by atoms with Gasteiger partial charge in [-0.3, -0.25) is 0 Å². The summed E-state index contributed by atoms with van der Waals surface area (Å²) in [5, 5.41) is 11.6. The van der Waals surface area contributed by atoms with E-state index in [1.165, 1.54) is 17.0 Å². The number of hydrogen-bond acceptors (Lipinski definition) is 2. The van der Waals surface area contributed by atoms with Crippen molar-refractivity contribution < 1.29 is 14.7 Å². The number of benzene rings is 1. The average Bonchev–Trinajstić information content (AvgIpc) is 2.32. The summed E-state index contributed by atoms with van der Waals surface area (Å²) in [6.45, 7) is 2.27. The van der Waals surface area contributed by atoms with Crippen LogP contribution in [0.5, 0.6) is 0 Å². The lowest BCUT2D eigenvalue weighted by Gasteiger charge is -2.17. The SMILES string of the molecule is CCN(C)C(=O)Nc1c(Cl)ccc(Cl)c1C(=O)O. The lowest BCUT2D eigenvalue weighted by atomic mass is 10.1. The second kappa shape index (κ2) is 5.93. The van der Waals surface area contributed by atoms with Gasteiger partial charge in [-0.1, -0.05) is 23.2 Å². The number of anilines is 1. The third-order valence-electron chi connectivity index (χ3n) is 2.37. The quantitative estimate of drug-likeness (QED) is 0.898. The Kier molecular flexibility index (Phi) is 4.81. The van der Waals surface area contributed by atoms with Crippen LogP contribution in [0.15, 0.2) is 12.1 Å². The first-order chi connectivity index (χ1) is 8.38. The fourth-order valence-corrected chi connectivity index (χ4v) is 1.67. The Hall–Kier alpha value is -1.46. The summed E-state index contributed by atoms with van der Waals surface area (Å²) in [5.41, 5.74) is -0.219. The van der Waals surface area contributed by atoms with Crippen molar-refractivity contribution in [3.05, 3.63) is 27.7 Å². The van der Waals surface area contributed by atoms with Crippen molar-refractivity contribution in [3.8, 4) is 0 Å². The van der Waals surface area contributed by atoms with Gasteiger partial charge in [-0.05, 0) is 19.1 Å². The second-order valence-corrected chi connectivity index (χ2v) is 4.34. The second-order valence-electron chi connectivity index (χ2n) is 3.53. The number of halogens is 2. The molecule has 0 aliphatic heterocycles. The number of hydrogen-bond donors (Lipinski definition) is 2. The molecule has 18 heavy (non-hydrogen) atoms. The maximum Gasteiger partial charge on any atom is 0.339 e. The molecule has 0 radical (unpaired) electrons. The zero-order valence-corrected chi connectivity index (χ0v) is 11.3. The lowest BCUT2D eigenvalue weighted by molar-refractivity contribution is 0.0698. The molecule has 5 nitrogen and oxygen atoms in total. The van der Waals surface area contributed by atoms with Gasteiger partial charge < -0.3 is 15.3 Å². The molecule has 7 heteroatoms. The highest BCUT2D eigenvalue weighted by Gasteiger charge is 2.20. The number of nitrogens with zero attached hydrogens (tertiary/aromatic N) is 1. The van der Waals surface area contributed by atoms with Gasteiger partial charge in [0.25, 0.3) is 0 Å². The highest BCUT2D eigenvalue weighted by Crippen LogP contribution is 2.32. The molecule has 0 aliphatic rings. The van der Waals surface area contributed by atoms with Gasteiger partial charge in [0.05, 0.1) is 15.7 Å². The minimum atomic E-state index is -1.25. The number of nitrogens with one attached hydrogen (secondary N) is 1. The summed E-state index contributed by atoms with van der Waals surface area (Å²) in [7, 11) is 1.58. The van der Waals surface area contributed by atoms with Gasteiger partial charge in [0.1, 0.15) is 5.56 Å². The Bertz CT molecular complexity index is 491. The van der Waals surface area contributed by atoms with E-state index in [1.807, 2.05) is 0 Å². The zero-order valence-electron chi connectivity index (χ0n) is 9.83. The molecule has 0 heterocycles. The first kappa shape index (κ1) is 14.6. The summed E-state index contributed by atoms with van der Waals surface area (Å²) in [5.74, 6) is -1.25. The van der Waals surface area contributed by atoms with Crippen LogP contribution in [0.3, 0.4) is 0 Å². The number of urea groups is 1. The molecule has 0 fully saturated rings. The van der Waals surface area contributed by atoms with Crippen molar-refractivity contribution in [1.29, 1.82) is 0 Å². The predicted molar refractivity (Wildman–Crippen MR) is 70.7 cm³/mol. The van der Waals surface area contributed by atoms with Gasteiger partial charge in [-0.25, -0.2) is 9.59 Å². The molecular formula is C11H12Cl2N2O3. The zero-order chi connectivity index (χ0) is 13.9.